The summed E-state index contributed by atoms with van der Waals surface area (Å²) in [6, 6.07) is 7.53. The average molecular weight is 425 g/mol. The molecule has 0 amide bonds. The number of nitrogens with zero attached hydrogens (tertiary/aromatic N) is 1. The molecule has 1 aliphatic rings. The van der Waals surface area contributed by atoms with Gasteiger partial charge < -0.3 is 29.6 Å². The van der Waals surface area contributed by atoms with Gasteiger partial charge in [-0.3, -0.25) is 0 Å². The second-order valence-electron chi connectivity index (χ2n) is 6.21. The molecule has 0 saturated heterocycles. The molecule has 0 atom stereocenters. The van der Waals surface area contributed by atoms with Gasteiger partial charge in [0.1, 0.15) is 5.75 Å². The van der Waals surface area contributed by atoms with Gasteiger partial charge in [-0.15, -0.1) is 0 Å². The fourth-order valence-electron chi connectivity index (χ4n) is 2.81. The molecular weight excluding hydrogens is 403 g/mol. The van der Waals surface area contributed by atoms with Gasteiger partial charge in [-0.2, -0.15) is 8.78 Å². The Morgan fingerprint density at radius 1 is 1.13 bits per heavy atom. The summed E-state index contributed by atoms with van der Waals surface area (Å²) in [5, 5.41) is 6.10. The second-order valence-corrected chi connectivity index (χ2v) is 6.21. The maximum atomic E-state index is 13.8. The van der Waals surface area contributed by atoms with E-state index in [-0.39, 0.29) is 31.4 Å². The summed E-state index contributed by atoms with van der Waals surface area (Å²) in [6.45, 7) is -0.154. The Hall–Kier alpha value is -3.30. The number of alkyl halides is 2. The van der Waals surface area contributed by atoms with Gasteiger partial charge >= 0.3 is 6.61 Å². The van der Waals surface area contributed by atoms with Gasteiger partial charge in [0.05, 0.1) is 13.7 Å². The van der Waals surface area contributed by atoms with Crippen molar-refractivity contribution in [1.82, 2.24) is 10.6 Å². The standard InChI is InChI=1S/C20H22F3N3O4/c1-3-24-20(25-9-12-4-5-15(27-2)14(21)6-12)26-10-13-7-17-18(29-11-28-17)8-16(13)30-19(22)23/h4-8,19H,3,9-11H2,1-2H3,(H2,24,25,26). The molecular formula is C20H22F3N3O4. The summed E-state index contributed by atoms with van der Waals surface area (Å²) < 4.78 is 59.4. The van der Waals surface area contributed by atoms with E-state index in [0.717, 1.165) is 0 Å². The topological polar surface area (TPSA) is 73.3 Å². The minimum absolute atomic E-state index is 0.0167. The first-order valence-electron chi connectivity index (χ1n) is 9.22. The molecule has 0 fully saturated rings. The van der Waals surface area contributed by atoms with Crippen LogP contribution in [0.2, 0.25) is 0 Å². The highest BCUT2D eigenvalue weighted by Gasteiger charge is 2.20. The zero-order valence-corrected chi connectivity index (χ0v) is 16.5. The molecule has 3 rings (SSSR count). The molecule has 0 unspecified atom stereocenters. The van der Waals surface area contributed by atoms with E-state index in [1.807, 2.05) is 6.92 Å². The zero-order chi connectivity index (χ0) is 21.5. The van der Waals surface area contributed by atoms with E-state index in [4.69, 9.17) is 14.2 Å². The van der Waals surface area contributed by atoms with E-state index in [9.17, 15) is 13.2 Å². The molecule has 0 aliphatic carbocycles. The van der Waals surface area contributed by atoms with Crippen molar-refractivity contribution in [2.45, 2.75) is 26.6 Å². The van der Waals surface area contributed by atoms with Crippen LogP contribution in [0.15, 0.2) is 35.3 Å². The Bertz CT molecular complexity index is 909. The molecule has 0 spiro atoms. The number of halogens is 3. The van der Waals surface area contributed by atoms with Gasteiger partial charge in [0.15, 0.2) is 29.0 Å². The third kappa shape index (κ3) is 5.40. The van der Waals surface area contributed by atoms with Crippen molar-refractivity contribution in [2.75, 3.05) is 20.4 Å². The highest BCUT2D eigenvalue weighted by Crippen LogP contribution is 2.38. The summed E-state index contributed by atoms with van der Waals surface area (Å²) in [4.78, 5) is 4.40. The van der Waals surface area contributed by atoms with Crippen LogP contribution in [0.5, 0.6) is 23.0 Å². The Balaban J connectivity index is 1.72. The van der Waals surface area contributed by atoms with Gasteiger partial charge in [-0.05, 0) is 30.7 Å². The number of nitrogens with one attached hydrogen (secondary N) is 2. The Morgan fingerprint density at radius 2 is 1.90 bits per heavy atom. The zero-order valence-electron chi connectivity index (χ0n) is 16.5. The van der Waals surface area contributed by atoms with Crippen LogP contribution in [0.3, 0.4) is 0 Å². The fraction of sp³-hybridized carbons (Fsp3) is 0.350. The van der Waals surface area contributed by atoms with Crippen LogP contribution in [-0.4, -0.2) is 33.0 Å². The van der Waals surface area contributed by atoms with E-state index >= 15 is 0 Å². The fourth-order valence-corrected chi connectivity index (χ4v) is 2.81. The monoisotopic (exact) mass is 425 g/mol. The third-order valence-corrected chi connectivity index (χ3v) is 4.20. The molecule has 0 saturated carbocycles. The van der Waals surface area contributed by atoms with E-state index in [2.05, 4.69) is 20.4 Å². The minimum atomic E-state index is -2.98. The van der Waals surface area contributed by atoms with Crippen molar-refractivity contribution < 1.29 is 32.1 Å². The number of rotatable bonds is 8. The molecule has 162 valence electrons. The highest BCUT2D eigenvalue weighted by molar-refractivity contribution is 5.79. The normalized spacial score (nSPS) is 12.8. The van der Waals surface area contributed by atoms with Crippen molar-refractivity contribution >= 4 is 5.96 Å². The van der Waals surface area contributed by atoms with Gasteiger partial charge in [0.25, 0.3) is 0 Å². The Kier molecular flexibility index (Phi) is 7.10. The first-order valence-corrected chi connectivity index (χ1v) is 9.22. The van der Waals surface area contributed by atoms with E-state index in [0.29, 0.717) is 35.1 Å². The molecule has 10 heteroatoms. The SMILES string of the molecule is CCNC(=NCc1ccc(OC)c(F)c1)NCc1cc2c(cc1OC(F)F)OCO2. The first-order chi connectivity index (χ1) is 14.5. The number of hydrogen-bond acceptors (Lipinski definition) is 5. The predicted octanol–water partition coefficient (Wildman–Crippen LogP) is 3.42. The molecule has 2 N–H and O–H groups in total. The molecule has 30 heavy (non-hydrogen) atoms. The maximum Gasteiger partial charge on any atom is 0.387 e. The first kappa shape index (κ1) is 21.4. The lowest BCUT2D eigenvalue weighted by atomic mass is 10.1. The van der Waals surface area contributed by atoms with Crippen LogP contribution in [-0.2, 0) is 13.1 Å². The number of aliphatic imine (C=N–C) groups is 1. The number of guanidine groups is 1. The lowest BCUT2D eigenvalue weighted by Gasteiger charge is -2.15. The van der Waals surface area contributed by atoms with Crippen LogP contribution in [0, 0.1) is 5.82 Å². The summed E-state index contributed by atoms with van der Waals surface area (Å²) in [6.07, 6.45) is 0. The molecule has 2 aromatic carbocycles. The summed E-state index contributed by atoms with van der Waals surface area (Å²) in [5.41, 5.74) is 1.09. The van der Waals surface area contributed by atoms with Crippen molar-refractivity contribution in [2.24, 2.45) is 4.99 Å². The molecule has 7 nitrogen and oxygen atoms in total. The molecule has 0 radical (unpaired) electrons. The van der Waals surface area contributed by atoms with E-state index in [1.165, 1.54) is 25.3 Å². The van der Waals surface area contributed by atoms with Gasteiger partial charge in [-0.25, -0.2) is 9.38 Å². The smallest absolute Gasteiger partial charge is 0.387 e. The number of methoxy groups -OCH3 is 1. The summed E-state index contributed by atoms with van der Waals surface area (Å²) >= 11 is 0. The summed E-state index contributed by atoms with van der Waals surface area (Å²) in [7, 11) is 1.39. The molecule has 2 aromatic rings. The molecule has 1 aliphatic heterocycles. The molecule has 0 bridgehead atoms. The van der Waals surface area contributed by atoms with Gasteiger partial charge in [0.2, 0.25) is 6.79 Å². The number of benzene rings is 2. The lowest BCUT2D eigenvalue weighted by molar-refractivity contribution is -0.0505. The van der Waals surface area contributed by atoms with Crippen molar-refractivity contribution in [3.05, 3.63) is 47.3 Å². The highest BCUT2D eigenvalue weighted by atomic mass is 19.3. The van der Waals surface area contributed by atoms with Crippen LogP contribution < -0.4 is 29.6 Å². The predicted molar refractivity (Wildman–Crippen MR) is 104 cm³/mol. The quantitative estimate of drug-likeness (QED) is 0.499. The summed E-state index contributed by atoms with van der Waals surface area (Å²) in [5.74, 6) is 0.879. The second kappa shape index (κ2) is 9.95. The molecule has 0 aromatic heterocycles. The number of fused-ring (bicyclic) bond motifs is 1. The van der Waals surface area contributed by atoms with E-state index < -0.39 is 12.4 Å². The van der Waals surface area contributed by atoms with Crippen LogP contribution in [0.25, 0.3) is 0 Å². The third-order valence-electron chi connectivity index (χ3n) is 4.20. The van der Waals surface area contributed by atoms with Gasteiger partial charge in [0, 0.05) is 24.7 Å². The molecule has 1 heterocycles. The number of ether oxygens (including phenoxy) is 4. The van der Waals surface area contributed by atoms with Crippen molar-refractivity contribution in [3.63, 3.8) is 0 Å². The van der Waals surface area contributed by atoms with Crippen LogP contribution >= 0.6 is 0 Å². The lowest BCUT2D eigenvalue weighted by Crippen LogP contribution is -2.36. The van der Waals surface area contributed by atoms with Gasteiger partial charge in [-0.1, -0.05) is 6.07 Å². The average Bonchev–Trinajstić information content (AvgIpc) is 3.16. The van der Waals surface area contributed by atoms with Crippen LogP contribution in [0.4, 0.5) is 13.2 Å². The largest absolute Gasteiger partial charge is 0.494 e. The van der Waals surface area contributed by atoms with Crippen molar-refractivity contribution in [1.29, 1.82) is 0 Å². The minimum Gasteiger partial charge on any atom is -0.494 e. The van der Waals surface area contributed by atoms with Crippen LogP contribution in [0.1, 0.15) is 18.1 Å². The Labute approximate surface area is 171 Å². The Morgan fingerprint density at radius 3 is 2.57 bits per heavy atom. The number of hydrogen-bond donors (Lipinski definition) is 2. The maximum absolute atomic E-state index is 13.8. The van der Waals surface area contributed by atoms with E-state index in [1.54, 1.807) is 12.1 Å². The van der Waals surface area contributed by atoms with Crippen molar-refractivity contribution in [3.8, 4) is 23.0 Å².